The van der Waals surface area contributed by atoms with Gasteiger partial charge in [0.1, 0.15) is 23.7 Å². The van der Waals surface area contributed by atoms with Crippen LogP contribution in [0.4, 0.5) is 8.78 Å². The van der Waals surface area contributed by atoms with Crippen LogP contribution in [0.3, 0.4) is 0 Å². The minimum atomic E-state index is -1.30. The quantitative estimate of drug-likeness (QED) is 0.919. The van der Waals surface area contributed by atoms with E-state index in [0.29, 0.717) is 5.56 Å². The minimum Gasteiger partial charge on any atom is -0.494 e. The molecule has 2 rings (SSSR count). The highest BCUT2D eigenvalue weighted by Crippen LogP contribution is 2.22. The highest BCUT2D eigenvalue weighted by molar-refractivity contribution is 5.90. The first-order valence-electron chi connectivity index (χ1n) is 5.99. The number of halogens is 2. The summed E-state index contributed by atoms with van der Waals surface area (Å²) in [5.74, 6) is -2.40. The topological polar surface area (TPSA) is 55.8 Å². The van der Waals surface area contributed by atoms with Crippen LogP contribution in [-0.4, -0.2) is 18.2 Å². The molecule has 0 aliphatic heterocycles. The number of hydrogen-bond acceptors (Lipinski definition) is 3. The zero-order valence-electron chi connectivity index (χ0n) is 11.1. The lowest BCUT2D eigenvalue weighted by atomic mass is 10.2. The summed E-state index contributed by atoms with van der Waals surface area (Å²) in [7, 11) is 1.35. The Morgan fingerprint density at radius 1 is 1.14 bits per heavy atom. The Kier molecular flexibility index (Phi) is 4.37. The summed E-state index contributed by atoms with van der Waals surface area (Å²) >= 11 is 0. The van der Waals surface area contributed by atoms with E-state index in [9.17, 15) is 13.6 Å². The predicted octanol–water partition coefficient (Wildman–Crippen LogP) is 3.25. The van der Waals surface area contributed by atoms with E-state index < -0.39 is 17.6 Å². The normalized spacial score (nSPS) is 10.2. The van der Waals surface area contributed by atoms with Gasteiger partial charge in [0.15, 0.2) is 11.6 Å². The van der Waals surface area contributed by atoms with E-state index in [0.717, 1.165) is 12.1 Å². The maximum atomic E-state index is 13.5. The van der Waals surface area contributed by atoms with Crippen molar-refractivity contribution in [2.75, 3.05) is 7.11 Å². The lowest BCUT2D eigenvalue weighted by molar-refractivity contribution is 0.0691. The predicted molar refractivity (Wildman–Crippen MR) is 70.6 cm³/mol. The maximum Gasteiger partial charge on any atom is 0.339 e. The van der Waals surface area contributed by atoms with Crippen molar-refractivity contribution in [3.8, 4) is 11.5 Å². The Morgan fingerprint density at radius 3 is 2.48 bits per heavy atom. The van der Waals surface area contributed by atoms with E-state index in [1.54, 1.807) is 6.07 Å². The first kappa shape index (κ1) is 14.8. The van der Waals surface area contributed by atoms with Crippen LogP contribution < -0.4 is 9.47 Å². The number of hydrogen-bond donors (Lipinski definition) is 1. The first-order chi connectivity index (χ1) is 10.0. The molecule has 0 saturated carbocycles. The van der Waals surface area contributed by atoms with Gasteiger partial charge in [-0.3, -0.25) is 0 Å². The molecule has 0 fully saturated rings. The van der Waals surface area contributed by atoms with Crippen LogP contribution in [0.25, 0.3) is 0 Å². The molecule has 0 atom stereocenters. The van der Waals surface area contributed by atoms with Gasteiger partial charge in [0.2, 0.25) is 0 Å². The summed E-state index contributed by atoms with van der Waals surface area (Å²) in [4.78, 5) is 11.0. The molecule has 2 aromatic rings. The van der Waals surface area contributed by atoms with Crippen molar-refractivity contribution in [3.05, 3.63) is 59.2 Å². The number of carboxylic acid groups (broad SMARTS) is 1. The Bertz CT molecular complexity index is 671. The van der Waals surface area contributed by atoms with Crippen molar-refractivity contribution in [3.63, 3.8) is 0 Å². The smallest absolute Gasteiger partial charge is 0.339 e. The summed E-state index contributed by atoms with van der Waals surface area (Å²) in [6.07, 6.45) is 0. The van der Waals surface area contributed by atoms with Crippen molar-refractivity contribution >= 4 is 5.97 Å². The molecule has 0 aromatic heterocycles. The molecule has 21 heavy (non-hydrogen) atoms. The van der Waals surface area contributed by atoms with Crippen molar-refractivity contribution in [1.82, 2.24) is 0 Å². The molecule has 110 valence electrons. The van der Waals surface area contributed by atoms with Crippen LogP contribution in [0, 0.1) is 11.6 Å². The minimum absolute atomic E-state index is 0.0140. The molecular formula is C15H12F2O4. The number of ether oxygens (including phenoxy) is 2. The number of benzene rings is 2. The monoisotopic (exact) mass is 294 g/mol. The second-order valence-electron chi connectivity index (χ2n) is 4.20. The number of rotatable bonds is 5. The average Bonchev–Trinajstić information content (AvgIpc) is 2.46. The molecule has 0 spiro atoms. The zero-order valence-corrected chi connectivity index (χ0v) is 11.1. The number of carbonyl (C=O) groups is 1. The number of carboxylic acids is 1. The molecule has 0 radical (unpaired) electrons. The van der Waals surface area contributed by atoms with Crippen LogP contribution in [0.1, 0.15) is 15.9 Å². The highest BCUT2D eigenvalue weighted by Gasteiger charge is 2.13. The first-order valence-corrected chi connectivity index (χ1v) is 5.99. The Morgan fingerprint density at radius 2 is 1.86 bits per heavy atom. The van der Waals surface area contributed by atoms with Gasteiger partial charge in [-0.1, -0.05) is 6.07 Å². The van der Waals surface area contributed by atoms with Gasteiger partial charge >= 0.3 is 5.97 Å². The fourth-order valence-electron chi connectivity index (χ4n) is 1.76. The van der Waals surface area contributed by atoms with Crippen molar-refractivity contribution < 1.29 is 28.2 Å². The van der Waals surface area contributed by atoms with Gasteiger partial charge in [0, 0.05) is 0 Å². The zero-order chi connectivity index (χ0) is 15.4. The standard InChI is InChI=1S/C15H12F2O4/c1-20-14-4-2-9(6-12(14)17)8-21-13-5-3-10(16)7-11(13)15(18)19/h2-7H,8H2,1H3,(H,18,19). The molecule has 2 aromatic carbocycles. The summed E-state index contributed by atoms with van der Waals surface area (Å²) in [6, 6.07) is 7.44. The van der Waals surface area contributed by atoms with Crippen LogP contribution in [0.2, 0.25) is 0 Å². The van der Waals surface area contributed by atoms with Gasteiger partial charge in [0.25, 0.3) is 0 Å². The molecule has 0 amide bonds. The highest BCUT2D eigenvalue weighted by atomic mass is 19.1. The van der Waals surface area contributed by atoms with Gasteiger partial charge in [-0.15, -0.1) is 0 Å². The SMILES string of the molecule is COc1ccc(COc2ccc(F)cc2C(=O)O)cc1F. The summed E-state index contributed by atoms with van der Waals surface area (Å²) in [5.41, 5.74) is 0.206. The molecule has 0 aliphatic rings. The van der Waals surface area contributed by atoms with Gasteiger partial charge in [-0.05, 0) is 35.9 Å². The van der Waals surface area contributed by atoms with Crippen LogP contribution in [0.5, 0.6) is 11.5 Å². The summed E-state index contributed by atoms with van der Waals surface area (Å²) < 4.78 is 36.6. The molecule has 0 heterocycles. The molecule has 0 saturated heterocycles. The molecule has 4 nitrogen and oxygen atoms in total. The van der Waals surface area contributed by atoms with E-state index in [4.69, 9.17) is 14.6 Å². The molecule has 0 aliphatic carbocycles. The third kappa shape index (κ3) is 3.47. The second-order valence-corrected chi connectivity index (χ2v) is 4.20. The summed E-state index contributed by atoms with van der Waals surface area (Å²) in [5, 5.41) is 8.98. The third-order valence-corrected chi connectivity index (χ3v) is 2.78. The Labute approximate surface area is 119 Å². The summed E-state index contributed by atoms with van der Waals surface area (Å²) in [6.45, 7) is -0.0488. The average molecular weight is 294 g/mol. The Balaban J connectivity index is 2.16. The van der Waals surface area contributed by atoms with E-state index in [-0.39, 0.29) is 23.7 Å². The largest absolute Gasteiger partial charge is 0.494 e. The van der Waals surface area contributed by atoms with Gasteiger partial charge < -0.3 is 14.6 Å². The maximum absolute atomic E-state index is 13.5. The Hall–Kier alpha value is -2.63. The lowest BCUT2D eigenvalue weighted by Gasteiger charge is -2.10. The molecular weight excluding hydrogens is 282 g/mol. The lowest BCUT2D eigenvalue weighted by Crippen LogP contribution is -2.04. The van der Waals surface area contributed by atoms with Gasteiger partial charge in [0.05, 0.1) is 7.11 Å². The third-order valence-electron chi connectivity index (χ3n) is 2.78. The van der Waals surface area contributed by atoms with E-state index in [1.165, 1.54) is 25.3 Å². The number of aromatic carboxylic acids is 1. The van der Waals surface area contributed by atoms with Crippen LogP contribution in [-0.2, 0) is 6.61 Å². The molecule has 0 unspecified atom stereocenters. The fraction of sp³-hybridized carbons (Fsp3) is 0.133. The number of methoxy groups -OCH3 is 1. The van der Waals surface area contributed by atoms with Gasteiger partial charge in [-0.25, -0.2) is 13.6 Å². The van der Waals surface area contributed by atoms with Crippen molar-refractivity contribution in [1.29, 1.82) is 0 Å². The second kappa shape index (κ2) is 6.21. The van der Waals surface area contributed by atoms with Gasteiger partial charge in [-0.2, -0.15) is 0 Å². The van der Waals surface area contributed by atoms with E-state index in [2.05, 4.69) is 0 Å². The molecule has 1 N–H and O–H groups in total. The fourth-order valence-corrected chi connectivity index (χ4v) is 1.76. The van der Waals surface area contributed by atoms with Crippen LogP contribution in [0.15, 0.2) is 36.4 Å². The molecule has 0 bridgehead atoms. The van der Waals surface area contributed by atoms with Crippen LogP contribution >= 0.6 is 0 Å². The molecule has 6 heteroatoms. The van der Waals surface area contributed by atoms with E-state index in [1.807, 2.05) is 0 Å². The van der Waals surface area contributed by atoms with E-state index >= 15 is 0 Å². The van der Waals surface area contributed by atoms with Crippen molar-refractivity contribution in [2.45, 2.75) is 6.61 Å². The van der Waals surface area contributed by atoms with Crippen molar-refractivity contribution in [2.24, 2.45) is 0 Å².